The summed E-state index contributed by atoms with van der Waals surface area (Å²) in [6, 6.07) is 28.4. The average Bonchev–Trinajstić information content (AvgIpc) is 3.33. The van der Waals surface area contributed by atoms with Crippen LogP contribution in [-0.2, 0) is 14.4 Å². The van der Waals surface area contributed by atoms with E-state index in [9.17, 15) is 24.0 Å². The summed E-state index contributed by atoms with van der Waals surface area (Å²) in [6.07, 6.45) is 1.55. The molecule has 1 aliphatic rings. The fourth-order valence-electron chi connectivity index (χ4n) is 4.61. The molecule has 0 aromatic heterocycles. The number of rotatable bonds is 10. The number of nitrogens with two attached hydrogens (primary N) is 1. The molecule has 4 N–H and O–H groups in total. The Bertz CT molecular complexity index is 1790. The second-order valence-electron chi connectivity index (χ2n) is 9.89. The van der Waals surface area contributed by atoms with Gasteiger partial charge >= 0.3 is 0 Å². The quantitative estimate of drug-likeness (QED) is 0.173. The zero-order valence-corrected chi connectivity index (χ0v) is 24.9. The summed E-state index contributed by atoms with van der Waals surface area (Å²) >= 11 is 1.23. The number of carbonyl (C=O) groups is 5. The Morgan fingerprint density at radius 1 is 0.867 bits per heavy atom. The normalized spacial score (nSPS) is 14.6. The van der Waals surface area contributed by atoms with Gasteiger partial charge in [-0.3, -0.25) is 24.0 Å². The molecule has 5 rings (SSSR count). The third-order valence-corrected chi connectivity index (χ3v) is 8.07. The number of benzene rings is 4. The van der Waals surface area contributed by atoms with Crippen LogP contribution >= 0.6 is 11.8 Å². The molecule has 1 heterocycles. The van der Waals surface area contributed by atoms with Gasteiger partial charge in [-0.1, -0.05) is 36.4 Å². The fraction of sp³-hybridized carbons (Fsp3) is 0.0882. The maximum atomic E-state index is 13.4. The Hall–Kier alpha value is -5.68. The van der Waals surface area contributed by atoms with E-state index in [0.717, 1.165) is 4.90 Å². The van der Waals surface area contributed by atoms with Crippen LogP contribution in [0.25, 0.3) is 6.08 Å². The maximum Gasteiger partial charge on any atom is 0.272 e. The smallest absolute Gasteiger partial charge is 0.272 e. The SMILES string of the molecule is COc1ccccc1/C=C(\NC(=O)c1ccccc1)C(=O)Nc1ccc(SC2CC(=O)N(c3ccc(C(N)=O)cc3)C2=O)cc1. The number of hydrogen-bond acceptors (Lipinski definition) is 7. The van der Waals surface area contributed by atoms with Crippen LogP contribution in [0.3, 0.4) is 0 Å². The highest BCUT2D eigenvalue weighted by molar-refractivity contribution is 8.00. The van der Waals surface area contributed by atoms with Crippen molar-refractivity contribution in [3.05, 3.63) is 126 Å². The predicted octanol–water partition coefficient (Wildman–Crippen LogP) is 4.63. The number of anilines is 2. The molecule has 1 unspecified atom stereocenters. The molecule has 5 amide bonds. The predicted molar refractivity (Wildman–Crippen MR) is 172 cm³/mol. The molecule has 1 fully saturated rings. The van der Waals surface area contributed by atoms with Gasteiger partial charge in [0.2, 0.25) is 17.7 Å². The first kappa shape index (κ1) is 30.8. The minimum absolute atomic E-state index is 0.00539. The lowest BCUT2D eigenvalue weighted by Gasteiger charge is -2.15. The van der Waals surface area contributed by atoms with Gasteiger partial charge in [0, 0.05) is 33.7 Å². The van der Waals surface area contributed by atoms with Crippen molar-refractivity contribution in [1.29, 1.82) is 0 Å². The second-order valence-corrected chi connectivity index (χ2v) is 11.2. The largest absolute Gasteiger partial charge is 0.496 e. The number of amides is 5. The number of para-hydroxylation sites is 1. The highest BCUT2D eigenvalue weighted by Gasteiger charge is 2.40. The number of hydrogen-bond donors (Lipinski definition) is 3. The van der Waals surface area contributed by atoms with Crippen LogP contribution < -0.4 is 26.0 Å². The van der Waals surface area contributed by atoms with Crippen molar-refractivity contribution in [2.75, 3.05) is 17.3 Å². The summed E-state index contributed by atoms with van der Waals surface area (Å²) in [5.74, 6) is -1.80. The topological polar surface area (TPSA) is 148 Å². The average molecular weight is 621 g/mol. The molecule has 11 heteroatoms. The highest BCUT2D eigenvalue weighted by atomic mass is 32.2. The number of primary amides is 1. The van der Waals surface area contributed by atoms with Crippen LogP contribution in [0.5, 0.6) is 5.75 Å². The van der Waals surface area contributed by atoms with Gasteiger partial charge in [0.1, 0.15) is 11.4 Å². The third kappa shape index (κ3) is 7.28. The summed E-state index contributed by atoms with van der Waals surface area (Å²) in [5, 5.41) is 4.86. The van der Waals surface area contributed by atoms with E-state index in [1.807, 2.05) is 0 Å². The summed E-state index contributed by atoms with van der Waals surface area (Å²) < 4.78 is 5.40. The van der Waals surface area contributed by atoms with E-state index >= 15 is 0 Å². The van der Waals surface area contributed by atoms with Crippen LogP contribution in [0.15, 0.2) is 114 Å². The minimum Gasteiger partial charge on any atom is -0.496 e. The Kier molecular flexibility index (Phi) is 9.40. The fourth-order valence-corrected chi connectivity index (χ4v) is 5.66. The van der Waals surface area contributed by atoms with E-state index in [1.165, 1.54) is 49.2 Å². The molecule has 10 nitrogen and oxygen atoms in total. The lowest BCUT2D eigenvalue weighted by Crippen LogP contribution is -2.31. The molecule has 45 heavy (non-hydrogen) atoms. The Morgan fingerprint density at radius 2 is 1.53 bits per heavy atom. The summed E-state index contributed by atoms with van der Waals surface area (Å²) in [7, 11) is 1.52. The van der Waals surface area contributed by atoms with Gasteiger partial charge < -0.3 is 21.1 Å². The van der Waals surface area contributed by atoms with Gasteiger partial charge in [-0.25, -0.2) is 4.90 Å². The zero-order chi connectivity index (χ0) is 31.9. The Labute approximate surface area is 263 Å². The van der Waals surface area contributed by atoms with E-state index in [0.29, 0.717) is 33.1 Å². The summed E-state index contributed by atoms with van der Waals surface area (Å²) in [4.78, 5) is 65.3. The van der Waals surface area contributed by atoms with Crippen molar-refractivity contribution in [3.63, 3.8) is 0 Å². The first-order valence-electron chi connectivity index (χ1n) is 13.8. The van der Waals surface area contributed by atoms with Gasteiger partial charge in [-0.05, 0) is 72.8 Å². The van der Waals surface area contributed by atoms with Crippen LogP contribution in [0.4, 0.5) is 11.4 Å². The Balaban J connectivity index is 1.28. The van der Waals surface area contributed by atoms with Crippen molar-refractivity contribution in [2.45, 2.75) is 16.6 Å². The number of carbonyl (C=O) groups excluding carboxylic acids is 5. The second kappa shape index (κ2) is 13.7. The number of imide groups is 1. The van der Waals surface area contributed by atoms with Crippen molar-refractivity contribution in [1.82, 2.24) is 5.32 Å². The molecule has 0 saturated carbocycles. The highest BCUT2D eigenvalue weighted by Crippen LogP contribution is 2.34. The van der Waals surface area contributed by atoms with Gasteiger partial charge in [0.15, 0.2) is 0 Å². The number of methoxy groups -OCH3 is 1. The van der Waals surface area contributed by atoms with Crippen LogP contribution in [0.2, 0.25) is 0 Å². The van der Waals surface area contributed by atoms with Gasteiger partial charge in [-0.15, -0.1) is 11.8 Å². The zero-order valence-electron chi connectivity index (χ0n) is 24.1. The molecule has 4 aromatic carbocycles. The van der Waals surface area contributed by atoms with Crippen molar-refractivity contribution in [3.8, 4) is 5.75 Å². The number of nitrogens with one attached hydrogen (secondary N) is 2. The van der Waals surface area contributed by atoms with Crippen LogP contribution in [-0.4, -0.2) is 41.9 Å². The molecule has 1 saturated heterocycles. The molecule has 226 valence electrons. The summed E-state index contributed by atoms with van der Waals surface area (Å²) in [6.45, 7) is 0. The van der Waals surface area contributed by atoms with Crippen LogP contribution in [0, 0.1) is 0 Å². The van der Waals surface area contributed by atoms with Crippen LogP contribution in [0.1, 0.15) is 32.7 Å². The molecule has 0 spiro atoms. The molecule has 0 bridgehead atoms. The van der Waals surface area contributed by atoms with E-state index in [2.05, 4.69) is 10.6 Å². The summed E-state index contributed by atoms with van der Waals surface area (Å²) in [5.41, 5.74) is 7.36. The lowest BCUT2D eigenvalue weighted by atomic mass is 10.1. The van der Waals surface area contributed by atoms with Crippen molar-refractivity contribution in [2.24, 2.45) is 5.73 Å². The number of thioether (sulfide) groups is 1. The molecule has 0 aliphatic carbocycles. The maximum absolute atomic E-state index is 13.4. The van der Waals surface area contributed by atoms with Crippen molar-refractivity contribution >= 4 is 58.7 Å². The molecule has 1 aliphatic heterocycles. The van der Waals surface area contributed by atoms with E-state index < -0.39 is 23.0 Å². The Morgan fingerprint density at radius 3 is 2.20 bits per heavy atom. The minimum atomic E-state index is -0.641. The molecular weight excluding hydrogens is 592 g/mol. The van der Waals surface area contributed by atoms with E-state index in [-0.39, 0.29) is 29.5 Å². The molecule has 4 aromatic rings. The monoisotopic (exact) mass is 620 g/mol. The molecule has 0 radical (unpaired) electrons. The van der Waals surface area contributed by atoms with E-state index in [4.69, 9.17) is 10.5 Å². The van der Waals surface area contributed by atoms with Gasteiger partial charge in [0.25, 0.3) is 11.8 Å². The molecular formula is C34H28N4O6S. The number of ether oxygens (including phenoxy) is 1. The standard InChI is InChI=1S/C34H28N4O6S/c1-44-28-10-6-5-9-23(28)19-27(37-32(41)22-7-3-2-4-8-22)33(42)36-24-13-17-26(18-14-24)45-29-20-30(39)38(34(29)43)25-15-11-21(12-16-25)31(35)40/h2-19,29H,20H2,1H3,(H2,35,40)(H,36,42)(H,37,41)/b27-19-. The van der Waals surface area contributed by atoms with Crippen molar-refractivity contribution < 1.29 is 28.7 Å². The number of nitrogens with zero attached hydrogens (tertiary/aromatic N) is 1. The first-order chi connectivity index (χ1) is 21.7. The molecule has 1 atom stereocenters. The van der Waals surface area contributed by atoms with E-state index in [1.54, 1.807) is 78.9 Å². The van der Waals surface area contributed by atoms with Gasteiger partial charge in [-0.2, -0.15) is 0 Å². The van der Waals surface area contributed by atoms with Gasteiger partial charge in [0.05, 0.1) is 18.0 Å². The first-order valence-corrected chi connectivity index (χ1v) is 14.7. The third-order valence-electron chi connectivity index (χ3n) is 6.87. The lowest BCUT2D eigenvalue weighted by molar-refractivity contribution is -0.121.